The van der Waals surface area contributed by atoms with Crippen molar-refractivity contribution in [2.75, 3.05) is 6.61 Å². The molecule has 0 N–H and O–H groups in total. The van der Waals surface area contributed by atoms with Crippen LogP contribution < -0.4 is 0 Å². The van der Waals surface area contributed by atoms with E-state index in [9.17, 15) is 9.59 Å². The van der Waals surface area contributed by atoms with Crippen molar-refractivity contribution >= 4 is 11.9 Å². The lowest BCUT2D eigenvalue weighted by molar-refractivity contribution is -0.152. The molecule has 14 heavy (non-hydrogen) atoms. The Hall–Kier alpha value is -1.32. The highest BCUT2D eigenvalue weighted by atomic mass is 16.6. The number of allylic oxidation sites excluding steroid dienone is 2. The van der Waals surface area contributed by atoms with Gasteiger partial charge in [0.05, 0.1) is 6.61 Å². The summed E-state index contributed by atoms with van der Waals surface area (Å²) in [5.41, 5.74) is 0. The number of ether oxygens (including phenoxy) is 2. The van der Waals surface area contributed by atoms with Crippen molar-refractivity contribution in [2.24, 2.45) is 0 Å². The van der Waals surface area contributed by atoms with E-state index in [-0.39, 0.29) is 13.0 Å². The Labute approximate surface area is 82.9 Å². The van der Waals surface area contributed by atoms with Crippen LogP contribution in [-0.4, -0.2) is 18.5 Å². The molecule has 78 valence electrons. The van der Waals surface area contributed by atoms with E-state index in [0.717, 1.165) is 19.3 Å². The van der Waals surface area contributed by atoms with Gasteiger partial charge in [-0.25, -0.2) is 0 Å². The van der Waals surface area contributed by atoms with Crippen LogP contribution in [0.15, 0.2) is 11.8 Å². The lowest BCUT2D eigenvalue weighted by Gasteiger charge is -2.04. The van der Waals surface area contributed by atoms with E-state index in [1.54, 1.807) is 6.92 Å². The average molecular weight is 198 g/mol. The van der Waals surface area contributed by atoms with E-state index >= 15 is 0 Å². The zero-order valence-corrected chi connectivity index (χ0v) is 8.25. The standard InChI is InChI=1S/C10H14O4/c1-2-13-9(11)7-10(12)14-8-5-3-4-6-8/h5H,2-4,6-7H2,1H3. The first kappa shape index (κ1) is 10.8. The van der Waals surface area contributed by atoms with Crippen LogP contribution in [0, 0.1) is 0 Å². The van der Waals surface area contributed by atoms with Crippen LogP contribution in [0.1, 0.15) is 32.6 Å². The molecule has 1 aliphatic carbocycles. The summed E-state index contributed by atoms with van der Waals surface area (Å²) in [5.74, 6) is -0.382. The average Bonchev–Trinajstić information content (AvgIpc) is 2.56. The van der Waals surface area contributed by atoms with Gasteiger partial charge in [-0.2, -0.15) is 0 Å². The molecule has 0 aromatic rings. The van der Waals surface area contributed by atoms with Gasteiger partial charge in [-0.15, -0.1) is 0 Å². The quantitative estimate of drug-likeness (QED) is 0.508. The Morgan fingerprint density at radius 1 is 1.43 bits per heavy atom. The zero-order chi connectivity index (χ0) is 10.4. The van der Waals surface area contributed by atoms with E-state index < -0.39 is 11.9 Å². The van der Waals surface area contributed by atoms with Crippen molar-refractivity contribution < 1.29 is 19.1 Å². The predicted octanol–water partition coefficient (Wildman–Crippen LogP) is 1.55. The van der Waals surface area contributed by atoms with E-state index in [1.165, 1.54) is 0 Å². The summed E-state index contributed by atoms with van der Waals surface area (Å²) in [5, 5.41) is 0. The minimum Gasteiger partial charge on any atom is -0.466 e. The van der Waals surface area contributed by atoms with Gasteiger partial charge < -0.3 is 9.47 Å². The maximum atomic E-state index is 11.1. The highest BCUT2D eigenvalue weighted by Crippen LogP contribution is 2.18. The molecule has 0 heterocycles. The molecule has 0 bridgehead atoms. The molecule has 0 aromatic carbocycles. The monoisotopic (exact) mass is 198 g/mol. The van der Waals surface area contributed by atoms with Crippen molar-refractivity contribution in [3.8, 4) is 0 Å². The first-order chi connectivity index (χ1) is 6.72. The molecule has 0 saturated carbocycles. The van der Waals surface area contributed by atoms with Gasteiger partial charge in [0.1, 0.15) is 12.2 Å². The van der Waals surface area contributed by atoms with E-state index in [0.29, 0.717) is 5.76 Å². The number of rotatable bonds is 4. The van der Waals surface area contributed by atoms with E-state index in [2.05, 4.69) is 4.74 Å². The minimum absolute atomic E-state index is 0.287. The van der Waals surface area contributed by atoms with Crippen LogP contribution in [0.2, 0.25) is 0 Å². The van der Waals surface area contributed by atoms with Gasteiger partial charge in [0.2, 0.25) is 0 Å². The molecule has 0 spiro atoms. The van der Waals surface area contributed by atoms with Gasteiger partial charge >= 0.3 is 11.9 Å². The fourth-order valence-corrected chi connectivity index (χ4v) is 1.25. The smallest absolute Gasteiger partial charge is 0.322 e. The van der Waals surface area contributed by atoms with Gasteiger partial charge in [-0.3, -0.25) is 9.59 Å². The molecule has 0 saturated heterocycles. The molecule has 0 amide bonds. The molecule has 0 aromatic heterocycles. The van der Waals surface area contributed by atoms with Crippen LogP contribution in [0.4, 0.5) is 0 Å². The molecule has 4 nitrogen and oxygen atoms in total. The normalized spacial score (nSPS) is 14.8. The second-order valence-corrected chi connectivity index (χ2v) is 3.02. The van der Waals surface area contributed by atoms with Gasteiger partial charge in [0.25, 0.3) is 0 Å². The topological polar surface area (TPSA) is 52.6 Å². The number of hydrogen-bond donors (Lipinski definition) is 0. The molecule has 1 aliphatic rings. The molecular weight excluding hydrogens is 184 g/mol. The Bertz CT molecular complexity index is 255. The van der Waals surface area contributed by atoms with Crippen LogP contribution in [0.3, 0.4) is 0 Å². The number of hydrogen-bond acceptors (Lipinski definition) is 4. The highest BCUT2D eigenvalue weighted by Gasteiger charge is 2.15. The van der Waals surface area contributed by atoms with Crippen molar-refractivity contribution in [3.63, 3.8) is 0 Å². The third kappa shape index (κ3) is 3.60. The number of carbonyl (C=O) groups is 2. The Morgan fingerprint density at radius 2 is 2.21 bits per heavy atom. The Morgan fingerprint density at radius 3 is 2.79 bits per heavy atom. The SMILES string of the molecule is CCOC(=O)CC(=O)OC1=CCCC1. The summed E-state index contributed by atoms with van der Waals surface area (Å²) >= 11 is 0. The van der Waals surface area contributed by atoms with Crippen LogP contribution >= 0.6 is 0 Å². The summed E-state index contributed by atoms with van der Waals surface area (Å²) in [7, 11) is 0. The number of esters is 2. The summed E-state index contributed by atoms with van der Waals surface area (Å²) in [6.45, 7) is 1.98. The van der Waals surface area contributed by atoms with Crippen molar-refractivity contribution in [3.05, 3.63) is 11.8 Å². The maximum absolute atomic E-state index is 11.1. The predicted molar refractivity (Wildman–Crippen MR) is 49.3 cm³/mol. The Kier molecular flexibility index (Phi) is 4.16. The van der Waals surface area contributed by atoms with Crippen LogP contribution in [0.5, 0.6) is 0 Å². The summed E-state index contributed by atoms with van der Waals surface area (Å²) < 4.78 is 9.57. The summed E-state index contributed by atoms with van der Waals surface area (Å²) in [6, 6.07) is 0. The fourth-order valence-electron chi connectivity index (χ4n) is 1.25. The van der Waals surface area contributed by atoms with Crippen molar-refractivity contribution in [1.29, 1.82) is 0 Å². The lowest BCUT2D eigenvalue weighted by Crippen LogP contribution is -2.13. The first-order valence-corrected chi connectivity index (χ1v) is 4.77. The van der Waals surface area contributed by atoms with Crippen molar-refractivity contribution in [1.82, 2.24) is 0 Å². The zero-order valence-electron chi connectivity index (χ0n) is 8.25. The Balaban J connectivity index is 2.24. The molecule has 0 unspecified atom stereocenters. The van der Waals surface area contributed by atoms with E-state index in [4.69, 9.17) is 4.74 Å². The van der Waals surface area contributed by atoms with Gasteiger partial charge in [-0.1, -0.05) is 0 Å². The van der Waals surface area contributed by atoms with Crippen molar-refractivity contribution in [2.45, 2.75) is 32.6 Å². The number of carbonyl (C=O) groups excluding carboxylic acids is 2. The second-order valence-electron chi connectivity index (χ2n) is 3.02. The maximum Gasteiger partial charge on any atom is 0.322 e. The summed E-state index contributed by atoms with van der Waals surface area (Å²) in [4.78, 5) is 22.0. The van der Waals surface area contributed by atoms with Gasteiger partial charge in [-0.05, 0) is 25.8 Å². The largest absolute Gasteiger partial charge is 0.466 e. The molecule has 1 rings (SSSR count). The molecule has 0 radical (unpaired) electrons. The molecule has 0 fully saturated rings. The fraction of sp³-hybridized carbons (Fsp3) is 0.600. The van der Waals surface area contributed by atoms with Gasteiger partial charge in [0, 0.05) is 6.42 Å². The molecule has 0 aliphatic heterocycles. The third-order valence-electron chi connectivity index (χ3n) is 1.84. The van der Waals surface area contributed by atoms with E-state index in [1.807, 2.05) is 6.08 Å². The van der Waals surface area contributed by atoms with Crippen LogP contribution in [0.25, 0.3) is 0 Å². The lowest BCUT2D eigenvalue weighted by atomic mass is 10.3. The first-order valence-electron chi connectivity index (χ1n) is 4.77. The molecular formula is C10H14O4. The second kappa shape index (κ2) is 5.42. The van der Waals surface area contributed by atoms with Crippen LogP contribution in [-0.2, 0) is 19.1 Å². The van der Waals surface area contributed by atoms with Gasteiger partial charge in [0.15, 0.2) is 0 Å². The highest BCUT2D eigenvalue weighted by molar-refractivity contribution is 5.91. The minimum atomic E-state index is -0.531. The molecule has 0 atom stereocenters. The third-order valence-corrected chi connectivity index (χ3v) is 1.84. The molecule has 4 heteroatoms. The summed E-state index contributed by atoms with van der Waals surface area (Å²) in [6.07, 6.45) is 4.33.